The average molecular weight is 464 g/mol. The highest BCUT2D eigenvalue weighted by molar-refractivity contribution is 5.96. The van der Waals surface area contributed by atoms with Gasteiger partial charge in [-0.15, -0.1) is 0 Å². The number of esters is 1. The maximum absolute atomic E-state index is 12.3. The van der Waals surface area contributed by atoms with Gasteiger partial charge < -0.3 is 23.6 Å². The third-order valence-electron chi connectivity index (χ3n) is 4.59. The number of nitrogens with zero attached hydrogens (tertiary/aromatic N) is 1. The molecule has 2 heterocycles. The van der Waals surface area contributed by atoms with Crippen molar-refractivity contribution < 1.29 is 32.8 Å². The summed E-state index contributed by atoms with van der Waals surface area (Å²) in [4.78, 5) is 47.1. The van der Waals surface area contributed by atoms with Crippen molar-refractivity contribution in [1.29, 1.82) is 0 Å². The van der Waals surface area contributed by atoms with E-state index in [1.807, 2.05) is 0 Å². The van der Waals surface area contributed by atoms with Gasteiger partial charge >= 0.3 is 17.3 Å². The molecule has 34 heavy (non-hydrogen) atoms. The van der Waals surface area contributed by atoms with E-state index in [1.54, 1.807) is 12.1 Å². The van der Waals surface area contributed by atoms with Gasteiger partial charge in [0.15, 0.2) is 12.4 Å². The summed E-state index contributed by atoms with van der Waals surface area (Å²) in [6.07, 6.45) is 1.47. The predicted molar refractivity (Wildman–Crippen MR) is 117 cm³/mol. The van der Waals surface area contributed by atoms with Crippen LogP contribution in [0.25, 0.3) is 11.0 Å². The summed E-state index contributed by atoms with van der Waals surface area (Å²) >= 11 is 0. The molecule has 2 aromatic heterocycles. The molecule has 1 amide bonds. The first-order valence-electron chi connectivity index (χ1n) is 9.86. The van der Waals surface area contributed by atoms with Crippen LogP contribution in [0.1, 0.15) is 16.1 Å². The van der Waals surface area contributed by atoms with Gasteiger partial charge in [0, 0.05) is 17.5 Å². The zero-order valence-corrected chi connectivity index (χ0v) is 17.4. The normalized spacial score (nSPS) is 10.6. The highest BCUT2D eigenvalue weighted by Crippen LogP contribution is 2.26. The minimum atomic E-state index is -0.868. The van der Waals surface area contributed by atoms with Gasteiger partial charge in [-0.05, 0) is 36.4 Å². The monoisotopic (exact) mass is 464 g/mol. The third-order valence-corrected chi connectivity index (χ3v) is 4.59. The van der Waals surface area contributed by atoms with Gasteiger partial charge in [-0.3, -0.25) is 14.9 Å². The Morgan fingerprint density at radius 2 is 1.88 bits per heavy atom. The lowest BCUT2D eigenvalue weighted by Gasteiger charge is -2.08. The Morgan fingerprint density at radius 3 is 2.65 bits per heavy atom. The molecule has 0 fully saturated rings. The largest absolute Gasteiger partial charge is 0.475 e. The number of nitrogens with one attached hydrogen (secondary N) is 1. The Morgan fingerprint density at radius 1 is 1.06 bits per heavy atom. The van der Waals surface area contributed by atoms with Gasteiger partial charge in [-0.2, -0.15) is 0 Å². The van der Waals surface area contributed by atoms with Crippen molar-refractivity contribution in [3.05, 3.63) is 98.8 Å². The topological polar surface area (TPSA) is 151 Å². The molecule has 4 rings (SSSR count). The molecule has 0 aliphatic rings. The number of carbonyl (C=O) groups is 2. The van der Waals surface area contributed by atoms with Crippen LogP contribution in [0.4, 0.5) is 5.69 Å². The molecular weight excluding hydrogens is 448 g/mol. The van der Waals surface area contributed by atoms with Crippen molar-refractivity contribution in [1.82, 2.24) is 5.32 Å². The molecule has 0 spiro atoms. The smallest absolute Gasteiger partial charge is 0.349 e. The van der Waals surface area contributed by atoms with Gasteiger partial charge in [-0.1, -0.05) is 12.1 Å². The summed E-state index contributed by atoms with van der Waals surface area (Å²) in [5.74, 6) is -0.951. The zero-order chi connectivity index (χ0) is 24.1. The summed E-state index contributed by atoms with van der Waals surface area (Å²) in [5.41, 5.74) is -1.25. The van der Waals surface area contributed by atoms with E-state index in [1.165, 1.54) is 54.8 Å². The second kappa shape index (κ2) is 9.69. The van der Waals surface area contributed by atoms with Crippen molar-refractivity contribution in [2.75, 3.05) is 6.61 Å². The number of ether oxygens (including phenoxy) is 2. The lowest BCUT2D eigenvalue weighted by molar-refractivity contribution is -0.385. The SMILES string of the molecule is O=C(COc1ccccc1[N+](=O)[O-])Oc1ccc2cc(C(=O)NCc3ccco3)c(=O)oc2c1. The third kappa shape index (κ3) is 5.10. The van der Waals surface area contributed by atoms with E-state index in [-0.39, 0.29) is 34.9 Å². The Bertz CT molecular complexity index is 1420. The van der Waals surface area contributed by atoms with Gasteiger partial charge in [0.05, 0.1) is 17.7 Å². The van der Waals surface area contributed by atoms with Gasteiger partial charge in [0.2, 0.25) is 0 Å². The molecule has 0 radical (unpaired) electrons. The second-order valence-corrected chi connectivity index (χ2v) is 6.90. The van der Waals surface area contributed by atoms with Crippen molar-refractivity contribution >= 4 is 28.5 Å². The van der Waals surface area contributed by atoms with Crippen LogP contribution in [-0.2, 0) is 11.3 Å². The number of nitro groups is 1. The quantitative estimate of drug-likeness (QED) is 0.136. The molecule has 0 aliphatic carbocycles. The van der Waals surface area contributed by atoms with Crippen LogP contribution in [-0.4, -0.2) is 23.4 Å². The van der Waals surface area contributed by atoms with E-state index in [0.717, 1.165) is 0 Å². The molecule has 0 unspecified atom stereocenters. The van der Waals surface area contributed by atoms with E-state index >= 15 is 0 Å². The van der Waals surface area contributed by atoms with Gasteiger partial charge in [-0.25, -0.2) is 9.59 Å². The van der Waals surface area contributed by atoms with E-state index < -0.39 is 29.0 Å². The zero-order valence-electron chi connectivity index (χ0n) is 17.4. The Labute approximate surface area is 190 Å². The molecule has 4 aromatic rings. The maximum atomic E-state index is 12.3. The maximum Gasteiger partial charge on any atom is 0.349 e. The van der Waals surface area contributed by atoms with E-state index in [9.17, 15) is 24.5 Å². The number of hydrogen-bond donors (Lipinski definition) is 1. The van der Waals surface area contributed by atoms with Crippen molar-refractivity contribution in [2.24, 2.45) is 0 Å². The first-order valence-corrected chi connectivity index (χ1v) is 9.86. The summed E-state index contributed by atoms with van der Waals surface area (Å²) < 4.78 is 20.7. The number of rotatable bonds is 8. The minimum Gasteiger partial charge on any atom is -0.475 e. The van der Waals surface area contributed by atoms with Crippen LogP contribution in [0, 0.1) is 10.1 Å². The Hall–Kier alpha value is -4.93. The van der Waals surface area contributed by atoms with Crippen LogP contribution in [0.5, 0.6) is 11.5 Å². The lowest BCUT2D eigenvalue weighted by Crippen LogP contribution is -2.27. The molecular formula is C23H16N2O9. The molecule has 172 valence electrons. The Kier molecular flexibility index (Phi) is 6.35. The molecule has 2 aromatic carbocycles. The second-order valence-electron chi connectivity index (χ2n) is 6.90. The van der Waals surface area contributed by atoms with Crippen LogP contribution in [0.15, 0.2) is 80.6 Å². The molecule has 0 atom stereocenters. The highest BCUT2D eigenvalue weighted by atomic mass is 16.6. The van der Waals surface area contributed by atoms with Crippen LogP contribution in [0.2, 0.25) is 0 Å². The van der Waals surface area contributed by atoms with E-state index in [4.69, 9.17) is 18.3 Å². The number of fused-ring (bicyclic) bond motifs is 1. The number of amides is 1. The number of hydrogen-bond acceptors (Lipinski definition) is 9. The first kappa shape index (κ1) is 22.3. The fourth-order valence-corrected chi connectivity index (χ4v) is 3.02. The first-order chi connectivity index (χ1) is 16.4. The van der Waals surface area contributed by atoms with Crippen molar-refractivity contribution in [2.45, 2.75) is 6.54 Å². The fourth-order valence-electron chi connectivity index (χ4n) is 3.02. The number of carbonyl (C=O) groups excluding carboxylic acids is 2. The minimum absolute atomic E-state index is 0.0573. The van der Waals surface area contributed by atoms with Gasteiger partial charge in [0.1, 0.15) is 22.7 Å². The van der Waals surface area contributed by atoms with Crippen molar-refractivity contribution in [3.8, 4) is 11.5 Å². The molecule has 11 nitrogen and oxygen atoms in total. The molecule has 0 saturated carbocycles. The molecule has 0 bridgehead atoms. The Balaban J connectivity index is 1.42. The fraction of sp³-hybridized carbons (Fsp3) is 0.0870. The molecule has 11 heteroatoms. The standard InChI is InChI=1S/C23H16N2O9/c26-21(13-32-19-6-2-1-5-18(19)25(29)30)33-15-8-7-14-10-17(23(28)34-20(14)11-15)22(27)24-12-16-4-3-9-31-16/h1-11H,12-13H2,(H,24,27). The summed E-state index contributed by atoms with van der Waals surface area (Å²) in [7, 11) is 0. The van der Waals surface area contributed by atoms with Gasteiger partial charge in [0.25, 0.3) is 5.91 Å². The van der Waals surface area contributed by atoms with Crippen LogP contribution >= 0.6 is 0 Å². The predicted octanol–water partition coefficient (Wildman–Crippen LogP) is 3.21. The number of para-hydroxylation sites is 2. The lowest BCUT2D eigenvalue weighted by atomic mass is 10.1. The van der Waals surface area contributed by atoms with Crippen LogP contribution in [0.3, 0.4) is 0 Å². The molecule has 0 saturated heterocycles. The average Bonchev–Trinajstić information content (AvgIpc) is 3.34. The van der Waals surface area contributed by atoms with Crippen LogP contribution < -0.4 is 20.4 Å². The summed E-state index contributed by atoms with van der Waals surface area (Å²) in [5, 5.41) is 14.0. The van der Waals surface area contributed by atoms with Crippen molar-refractivity contribution in [3.63, 3.8) is 0 Å². The summed E-state index contributed by atoms with van der Waals surface area (Å²) in [6.45, 7) is -0.478. The number of benzene rings is 2. The number of nitro benzene ring substituents is 1. The van der Waals surface area contributed by atoms with E-state index in [2.05, 4.69) is 5.32 Å². The molecule has 1 N–H and O–H groups in total. The number of furan rings is 1. The molecule has 0 aliphatic heterocycles. The van der Waals surface area contributed by atoms with E-state index in [0.29, 0.717) is 11.1 Å². The summed E-state index contributed by atoms with van der Waals surface area (Å²) in [6, 6.07) is 14.6. The highest BCUT2D eigenvalue weighted by Gasteiger charge is 2.17.